The molecule has 1 fully saturated rings. The predicted molar refractivity (Wildman–Crippen MR) is 92.6 cm³/mol. The van der Waals surface area contributed by atoms with Gasteiger partial charge in [0.25, 0.3) is 0 Å². The fourth-order valence-corrected chi connectivity index (χ4v) is 3.33. The van der Waals surface area contributed by atoms with Crippen LogP contribution in [0.3, 0.4) is 0 Å². The molecule has 138 valence electrons. The van der Waals surface area contributed by atoms with Crippen LogP contribution in [0.25, 0.3) is 0 Å². The molecule has 1 aliphatic heterocycles. The maximum absolute atomic E-state index is 12.4. The summed E-state index contributed by atoms with van der Waals surface area (Å²) in [6.07, 6.45) is -0.0584. The Morgan fingerprint density at radius 2 is 2.16 bits per heavy atom. The molecule has 0 saturated carbocycles. The maximum Gasteiger partial charge on any atom is 0.350 e. The number of nitrogens with one attached hydrogen (secondary N) is 1. The van der Waals surface area contributed by atoms with E-state index in [9.17, 15) is 14.4 Å². The lowest BCUT2D eigenvalue weighted by atomic mass is 10.1. The molecule has 25 heavy (non-hydrogen) atoms. The highest BCUT2D eigenvalue weighted by molar-refractivity contribution is 7.17. The van der Waals surface area contributed by atoms with Gasteiger partial charge in [0, 0.05) is 26.6 Å². The van der Waals surface area contributed by atoms with Gasteiger partial charge in [0.2, 0.25) is 11.8 Å². The Hall–Kier alpha value is -2.00. The Morgan fingerprint density at radius 1 is 1.44 bits per heavy atom. The van der Waals surface area contributed by atoms with Gasteiger partial charge < -0.3 is 19.7 Å². The standard InChI is InChI=1S/C16H23N3O5S/c1-9(2)24-15(22)13-10(3)17-16(25-13)18-14(21)11-7-12(20)19(8-11)5-6-23-4/h9,11H,5-8H2,1-4H3,(H,17,18,21). The third-order valence-electron chi connectivity index (χ3n) is 3.71. The molecule has 1 atom stereocenters. The van der Waals surface area contributed by atoms with Gasteiger partial charge in [-0.2, -0.15) is 0 Å². The summed E-state index contributed by atoms with van der Waals surface area (Å²) >= 11 is 1.08. The Bertz CT molecular complexity index is 658. The fourth-order valence-electron chi connectivity index (χ4n) is 2.48. The first-order valence-electron chi connectivity index (χ1n) is 8.07. The van der Waals surface area contributed by atoms with Crippen molar-refractivity contribution in [3.05, 3.63) is 10.6 Å². The summed E-state index contributed by atoms with van der Waals surface area (Å²) in [4.78, 5) is 42.5. The number of hydrogen-bond donors (Lipinski definition) is 1. The number of anilines is 1. The number of methoxy groups -OCH3 is 1. The molecule has 0 bridgehead atoms. The van der Waals surface area contributed by atoms with E-state index in [4.69, 9.17) is 9.47 Å². The van der Waals surface area contributed by atoms with Gasteiger partial charge in [0.05, 0.1) is 24.3 Å². The minimum atomic E-state index is -0.452. The van der Waals surface area contributed by atoms with E-state index in [-0.39, 0.29) is 24.3 Å². The van der Waals surface area contributed by atoms with E-state index >= 15 is 0 Å². The molecular weight excluding hydrogens is 346 g/mol. The summed E-state index contributed by atoms with van der Waals surface area (Å²) in [6.45, 7) is 6.50. The normalized spacial score (nSPS) is 17.2. The van der Waals surface area contributed by atoms with Crippen LogP contribution in [0.15, 0.2) is 0 Å². The van der Waals surface area contributed by atoms with Gasteiger partial charge >= 0.3 is 5.97 Å². The third kappa shape index (κ3) is 4.99. The maximum atomic E-state index is 12.4. The average molecular weight is 369 g/mol. The monoisotopic (exact) mass is 369 g/mol. The van der Waals surface area contributed by atoms with E-state index in [1.165, 1.54) is 0 Å². The molecule has 2 heterocycles. The van der Waals surface area contributed by atoms with Crippen LogP contribution < -0.4 is 5.32 Å². The number of thiazole rings is 1. The van der Waals surface area contributed by atoms with Gasteiger partial charge in [-0.15, -0.1) is 0 Å². The van der Waals surface area contributed by atoms with Crippen molar-refractivity contribution in [1.82, 2.24) is 9.88 Å². The van der Waals surface area contributed by atoms with Crippen molar-refractivity contribution in [3.8, 4) is 0 Å². The number of aryl methyl sites for hydroxylation is 1. The number of carbonyl (C=O) groups is 3. The van der Waals surface area contributed by atoms with Crippen molar-refractivity contribution in [2.24, 2.45) is 5.92 Å². The zero-order valence-electron chi connectivity index (χ0n) is 14.8. The van der Waals surface area contributed by atoms with E-state index in [0.717, 1.165) is 11.3 Å². The van der Waals surface area contributed by atoms with Crippen LogP contribution >= 0.6 is 11.3 Å². The first kappa shape index (κ1) is 19.3. The quantitative estimate of drug-likeness (QED) is 0.731. The highest BCUT2D eigenvalue weighted by Crippen LogP contribution is 2.26. The largest absolute Gasteiger partial charge is 0.459 e. The molecule has 1 N–H and O–H groups in total. The lowest BCUT2D eigenvalue weighted by molar-refractivity contribution is -0.128. The Labute approximate surface area is 150 Å². The molecule has 1 saturated heterocycles. The molecule has 0 radical (unpaired) electrons. The van der Waals surface area contributed by atoms with Crippen molar-refractivity contribution in [3.63, 3.8) is 0 Å². The highest BCUT2D eigenvalue weighted by Gasteiger charge is 2.34. The van der Waals surface area contributed by atoms with Gasteiger partial charge in [0.15, 0.2) is 5.13 Å². The Morgan fingerprint density at radius 3 is 2.80 bits per heavy atom. The number of amides is 2. The first-order chi connectivity index (χ1) is 11.8. The average Bonchev–Trinajstić information content (AvgIpc) is 3.07. The van der Waals surface area contributed by atoms with Crippen LogP contribution in [0.2, 0.25) is 0 Å². The summed E-state index contributed by atoms with van der Waals surface area (Å²) in [6, 6.07) is 0. The summed E-state index contributed by atoms with van der Waals surface area (Å²) in [5, 5.41) is 3.04. The van der Waals surface area contributed by atoms with E-state index in [1.807, 2.05) is 0 Å². The highest BCUT2D eigenvalue weighted by atomic mass is 32.1. The molecule has 2 amide bonds. The van der Waals surface area contributed by atoms with Crippen molar-refractivity contribution >= 4 is 34.3 Å². The molecule has 1 unspecified atom stereocenters. The Kier molecular flexibility index (Phi) is 6.49. The van der Waals surface area contributed by atoms with Crippen LogP contribution in [0.1, 0.15) is 35.6 Å². The summed E-state index contributed by atoms with van der Waals surface area (Å²) < 4.78 is 10.1. The van der Waals surface area contributed by atoms with E-state index in [2.05, 4.69) is 10.3 Å². The Balaban J connectivity index is 1.97. The minimum absolute atomic E-state index is 0.0614. The van der Waals surface area contributed by atoms with Crippen LogP contribution in [-0.4, -0.2) is 60.6 Å². The molecule has 8 nitrogen and oxygen atoms in total. The zero-order chi connectivity index (χ0) is 18.6. The number of likely N-dealkylation sites (tertiary alicyclic amines) is 1. The number of ether oxygens (including phenoxy) is 2. The third-order valence-corrected chi connectivity index (χ3v) is 4.76. The molecule has 1 aliphatic rings. The smallest absolute Gasteiger partial charge is 0.350 e. The minimum Gasteiger partial charge on any atom is -0.459 e. The first-order valence-corrected chi connectivity index (χ1v) is 8.89. The number of aromatic nitrogens is 1. The SMILES string of the molecule is COCCN1CC(C(=O)Nc2nc(C)c(C(=O)OC(C)C)s2)CC1=O. The molecule has 1 aromatic heterocycles. The predicted octanol–water partition coefficient (Wildman–Crippen LogP) is 1.45. The number of nitrogens with zero attached hydrogens (tertiary/aromatic N) is 2. The molecule has 2 rings (SSSR count). The van der Waals surface area contributed by atoms with Crippen LogP contribution in [0.4, 0.5) is 5.13 Å². The summed E-state index contributed by atoms with van der Waals surface area (Å²) in [5.74, 6) is -1.22. The molecule has 1 aromatic rings. The van der Waals surface area contributed by atoms with Gasteiger partial charge in [-0.05, 0) is 20.8 Å². The lowest BCUT2D eigenvalue weighted by Gasteiger charge is -2.15. The van der Waals surface area contributed by atoms with Gasteiger partial charge in [-0.25, -0.2) is 9.78 Å². The second kappa shape index (κ2) is 8.39. The molecular formula is C16H23N3O5S. The fraction of sp³-hybridized carbons (Fsp3) is 0.625. The van der Waals surface area contributed by atoms with Gasteiger partial charge in [-0.1, -0.05) is 11.3 Å². The van der Waals surface area contributed by atoms with E-state index < -0.39 is 11.9 Å². The summed E-state index contributed by atoms with van der Waals surface area (Å²) in [5.41, 5.74) is 0.509. The van der Waals surface area contributed by atoms with Crippen LogP contribution in [-0.2, 0) is 19.1 Å². The molecule has 9 heteroatoms. The van der Waals surface area contributed by atoms with Gasteiger partial charge in [0.1, 0.15) is 4.88 Å². The van der Waals surface area contributed by atoms with Crippen LogP contribution in [0.5, 0.6) is 0 Å². The van der Waals surface area contributed by atoms with Crippen molar-refractivity contribution in [2.45, 2.75) is 33.3 Å². The zero-order valence-corrected chi connectivity index (χ0v) is 15.6. The molecule has 0 aliphatic carbocycles. The number of rotatable bonds is 7. The molecule has 0 spiro atoms. The van der Waals surface area contributed by atoms with Gasteiger partial charge in [-0.3, -0.25) is 9.59 Å². The number of esters is 1. The lowest BCUT2D eigenvalue weighted by Crippen LogP contribution is -2.30. The molecule has 0 aromatic carbocycles. The van der Waals surface area contributed by atoms with Crippen molar-refractivity contribution in [2.75, 3.05) is 32.1 Å². The van der Waals surface area contributed by atoms with Crippen molar-refractivity contribution in [1.29, 1.82) is 0 Å². The summed E-state index contributed by atoms with van der Waals surface area (Å²) in [7, 11) is 1.57. The topological polar surface area (TPSA) is 97.8 Å². The second-order valence-electron chi connectivity index (χ2n) is 6.11. The van der Waals surface area contributed by atoms with Crippen molar-refractivity contribution < 1.29 is 23.9 Å². The van der Waals surface area contributed by atoms with E-state index in [1.54, 1.807) is 32.8 Å². The number of hydrogen-bond acceptors (Lipinski definition) is 7. The number of carbonyl (C=O) groups excluding carboxylic acids is 3. The van der Waals surface area contributed by atoms with Crippen LogP contribution in [0, 0.1) is 12.8 Å². The second-order valence-corrected chi connectivity index (χ2v) is 7.11. The van der Waals surface area contributed by atoms with E-state index in [0.29, 0.717) is 35.4 Å².